The van der Waals surface area contributed by atoms with Crippen LogP contribution in [0.5, 0.6) is 0 Å². The molecular weight excluding hydrogens is 892 g/mol. The van der Waals surface area contributed by atoms with Crippen LogP contribution in [0.4, 0.5) is 13.2 Å². The van der Waals surface area contributed by atoms with E-state index in [1.54, 1.807) is 53.4 Å². The van der Waals surface area contributed by atoms with Gasteiger partial charge < -0.3 is 25.3 Å². The van der Waals surface area contributed by atoms with Crippen LogP contribution in [0.1, 0.15) is 64.7 Å². The lowest BCUT2D eigenvalue weighted by Gasteiger charge is -2.26. The summed E-state index contributed by atoms with van der Waals surface area (Å²) in [6.07, 6.45) is 6.59. The van der Waals surface area contributed by atoms with Crippen molar-refractivity contribution < 1.29 is 29.2 Å². The molecule has 6 aromatic rings. The van der Waals surface area contributed by atoms with Gasteiger partial charge in [0.05, 0.1) is 46.8 Å². The molecule has 64 heavy (non-hydrogen) atoms. The largest absolute Gasteiger partial charge is 0.481 e. The predicted octanol–water partition coefficient (Wildman–Crippen LogP) is 10.0. The lowest BCUT2D eigenvalue weighted by Crippen LogP contribution is -2.35. The summed E-state index contributed by atoms with van der Waals surface area (Å²) >= 11 is 12.1. The number of aryl methyl sites for hydroxylation is 2. The monoisotopic (exact) mass is 943 g/mol. The van der Waals surface area contributed by atoms with E-state index in [2.05, 4.69) is 31.3 Å². The molecule has 4 aromatic carbocycles. The zero-order valence-electron chi connectivity index (χ0n) is 34.2. The van der Waals surface area contributed by atoms with Gasteiger partial charge in [-0.05, 0) is 90.2 Å². The standard InChI is InChI=1S/C22H19ClFN3O2.C11H9ClN2O3.C11H12FN.CH3F.2CH4.ClH/c23-18-3-1-2-17-21(18)25-19(26-22(17)29)8-9-20(28)27-12-10-15(11-13-27)14-4-6-16(24)7-5-14;12-7-3-1-2-6-10(7)13-8(14-11(6)17)4-5-9(15)16;12-11-3-1-9(2-4-11)10-5-7-13-8-6-10;1-2;;;/h1-7,10H,8-9,11-13H2,(H,25,26,29);1-3H,4-5H2,(H,15,16)(H,13,14,17);1-5,13H,6-8H2;1H3;2*1H4;1H/i;;;1D;;;. The van der Waals surface area contributed by atoms with Gasteiger partial charge in [0.25, 0.3) is 11.1 Å². The highest BCUT2D eigenvalue weighted by molar-refractivity contribution is 6.35. The van der Waals surface area contributed by atoms with Crippen molar-refractivity contribution in [2.75, 3.05) is 33.3 Å². The Morgan fingerprint density at radius 3 is 1.64 bits per heavy atom. The van der Waals surface area contributed by atoms with Crippen molar-refractivity contribution in [2.45, 2.75) is 53.4 Å². The van der Waals surface area contributed by atoms with E-state index < -0.39 is 13.1 Å². The van der Waals surface area contributed by atoms with Gasteiger partial charge in [-0.1, -0.05) is 86.6 Å². The molecule has 0 fully saturated rings. The molecule has 0 atom stereocenters. The molecule has 8 rings (SSSR count). The number of amides is 1. The average Bonchev–Trinajstić information content (AvgIpc) is 3.27. The van der Waals surface area contributed by atoms with E-state index in [9.17, 15) is 32.3 Å². The van der Waals surface area contributed by atoms with Gasteiger partial charge in [-0.15, -0.1) is 12.4 Å². The van der Waals surface area contributed by atoms with E-state index in [4.69, 9.17) is 29.7 Å². The minimum absolute atomic E-state index is 0. The summed E-state index contributed by atoms with van der Waals surface area (Å²) in [5.41, 5.74) is 4.84. The molecule has 0 spiro atoms. The quantitative estimate of drug-likeness (QED) is 0.117. The molecule has 342 valence electrons. The molecule has 1 amide bonds. The molecule has 0 aliphatic carbocycles. The molecule has 0 saturated carbocycles. The van der Waals surface area contributed by atoms with Gasteiger partial charge in [0.15, 0.2) is 0 Å². The van der Waals surface area contributed by atoms with Gasteiger partial charge in [-0.3, -0.25) is 23.6 Å². The normalized spacial score (nSPS) is 13.0. The minimum atomic E-state index is -1.00. The SMILES string of the molecule is C.C.Cl.Fc1ccc(C2=CCNCC2)cc1.O=C(CCc1nc2c(Cl)cccc2c(=O)[nH]1)N1CC=C(c2ccc(F)cc2)CC1.O=C(O)CCc1nc2c(Cl)cccc2c(=O)[nH]1.[2H]CF. The smallest absolute Gasteiger partial charge is 0.303 e. The molecule has 0 saturated heterocycles. The highest BCUT2D eigenvalue weighted by Crippen LogP contribution is 2.24. The first-order valence-electron chi connectivity index (χ1n) is 19.9. The third-order valence-electron chi connectivity index (χ3n) is 9.68. The van der Waals surface area contributed by atoms with Crippen LogP contribution in [-0.2, 0) is 22.4 Å². The summed E-state index contributed by atoms with van der Waals surface area (Å²) in [6.45, 7) is 3.06. The summed E-state index contributed by atoms with van der Waals surface area (Å²) < 4.78 is 41.2. The van der Waals surface area contributed by atoms with Gasteiger partial charge in [-0.25, -0.2) is 18.7 Å². The first kappa shape index (κ1) is 52.5. The van der Waals surface area contributed by atoms with Crippen LogP contribution in [0, 0.1) is 11.6 Å². The Labute approximate surface area is 387 Å². The summed E-state index contributed by atoms with van der Waals surface area (Å²) in [5, 5.41) is 13.4. The Morgan fingerprint density at radius 1 is 0.750 bits per heavy atom. The van der Waals surface area contributed by atoms with Crippen molar-refractivity contribution >= 4 is 80.4 Å². The van der Waals surface area contributed by atoms with Crippen molar-refractivity contribution in [2.24, 2.45) is 0 Å². The molecule has 4 heterocycles. The third kappa shape index (κ3) is 15.2. The maximum atomic E-state index is 13.1. The summed E-state index contributed by atoms with van der Waals surface area (Å²) in [5.74, 6) is -0.586. The fourth-order valence-corrected chi connectivity index (χ4v) is 7.00. The Bertz CT molecular complexity index is 2680. The summed E-state index contributed by atoms with van der Waals surface area (Å²) in [4.78, 5) is 62.5. The van der Waals surface area contributed by atoms with Gasteiger partial charge in [0, 0.05) is 38.9 Å². The topological polar surface area (TPSA) is 161 Å². The van der Waals surface area contributed by atoms with E-state index in [1.165, 1.54) is 29.8 Å². The van der Waals surface area contributed by atoms with Crippen LogP contribution in [0.2, 0.25) is 10.0 Å². The number of aromatic amines is 2. The number of rotatable bonds is 8. The number of H-pyrrole nitrogens is 2. The summed E-state index contributed by atoms with van der Waals surface area (Å²) in [7, 11) is -1.00. The van der Waals surface area contributed by atoms with E-state index in [1.807, 2.05) is 18.2 Å². The fraction of sp³-hybridized carbons (Fsp3) is 0.277. The van der Waals surface area contributed by atoms with Crippen LogP contribution < -0.4 is 16.4 Å². The number of carboxylic acid groups (broad SMARTS) is 1. The number of nitrogens with zero attached hydrogens (tertiary/aromatic N) is 3. The second-order valence-corrected chi connectivity index (χ2v) is 14.5. The highest BCUT2D eigenvalue weighted by Gasteiger charge is 2.19. The van der Waals surface area contributed by atoms with E-state index >= 15 is 0 Å². The van der Waals surface area contributed by atoms with Crippen molar-refractivity contribution in [1.82, 2.24) is 30.2 Å². The van der Waals surface area contributed by atoms with Crippen LogP contribution >= 0.6 is 35.6 Å². The number of nitrogens with one attached hydrogen (secondary N) is 3. The average molecular weight is 945 g/mol. The number of benzene rings is 4. The van der Waals surface area contributed by atoms with Crippen LogP contribution in [-0.4, -0.2) is 75.2 Å². The molecule has 0 radical (unpaired) electrons. The van der Waals surface area contributed by atoms with Gasteiger partial charge >= 0.3 is 5.97 Å². The molecular formula is C47H52Cl3F3N6O5. The van der Waals surface area contributed by atoms with Crippen LogP contribution in [0.3, 0.4) is 0 Å². The van der Waals surface area contributed by atoms with Crippen molar-refractivity contribution in [3.05, 3.63) is 162 Å². The second-order valence-electron chi connectivity index (χ2n) is 13.7. The number of fused-ring (bicyclic) bond motifs is 2. The van der Waals surface area contributed by atoms with Crippen LogP contribution in [0.15, 0.2) is 107 Å². The van der Waals surface area contributed by atoms with Crippen LogP contribution in [0.25, 0.3) is 33.0 Å². The first-order chi connectivity index (χ1) is 29.9. The Morgan fingerprint density at radius 2 is 1.22 bits per heavy atom. The number of carboxylic acids is 1. The molecule has 17 heteroatoms. The van der Waals surface area contributed by atoms with E-state index in [0.717, 1.165) is 42.6 Å². The van der Waals surface area contributed by atoms with E-state index in [0.29, 0.717) is 63.0 Å². The lowest BCUT2D eigenvalue weighted by atomic mass is 9.99. The number of alkyl halides is 1. The van der Waals surface area contributed by atoms with Gasteiger partial charge in [0.1, 0.15) is 23.3 Å². The lowest BCUT2D eigenvalue weighted by molar-refractivity contribution is -0.137. The molecule has 4 N–H and O–H groups in total. The Hall–Kier alpha value is -5.80. The zero-order chi connectivity index (χ0) is 44.6. The number of aromatic nitrogens is 4. The summed E-state index contributed by atoms with van der Waals surface area (Å²) in [6, 6.07) is 23.1. The predicted molar refractivity (Wildman–Crippen MR) is 254 cm³/mol. The maximum absolute atomic E-state index is 13.1. The zero-order valence-corrected chi connectivity index (χ0v) is 35.6. The Kier molecular flexibility index (Phi) is 22.0. The molecule has 2 aromatic heterocycles. The number of halogens is 6. The van der Waals surface area contributed by atoms with Crippen molar-refractivity contribution in [3.8, 4) is 0 Å². The number of hydrogen-bond acceptors (Lipinski definition) is 7. The second kappa shape index (κ2) is 26.7. The molecule has 0 bridgehead atoms. The van der Waals surface area contributed by atoms with Gasteiger partial charge in [-0.2, -0.15) is 0 Å². The number of hydrogen-bond donors (Lipinski definition) is 4. The number of aliphatic carboxylic acids is 1. The number of para-hydroxylation sites is 2. The number of carbonyl (C=O) groups excluding carboxylic acids is 1. The molecule has 0 unspecified atom stereocenters. The van der Waals surface area contributed by atoms with Gasteiger partial charge in [0.2, 0.25) is 5.91 Å². The van der Waals surface area contributed by atoms with Crippen molar-refractivity contribution in [3.63, 3.8) is 0 Å². The molecule has 11 nitrogen and oxygen atoms in total. The fourth-order valence-electron chi connectivity index (χ4n) is 6.56. The minimum Gasteiger partial charge on any atom is -0.481 e. The first-order valence-corrected chi connectivity index (χ1v) is 19.9. The van der Waals surface area contributed by atoms with E-state index in [-0.39, 0.29) is 75.2 Å². The maximum Gasteiger partial charge on any atom is 0.303 e. The van der Waals surface area contributed by atoms with Crippen molar-refractivity contribution in [1.29, 1.82) is 0 Å². The third-order valence-corrected chi connectivity index (χ3v) is 10.3. The molecule has 2 aliphatic rings. The number of carbonyl (C=O) groups is 2. The highest BCUT2D eigenvalue weighted by atomic mass is 35.5. The Balaban J connectivity index is 0.000000344. The molecule has 2 aliphatic heterocycles.